The van der Waals surface area contributed by atoms with E-state index in [2.05, 4.69) is 10.5 Å². The van der Waals surface area contributed by atoms with E-state index in [1.54, 1.807) is 45.1 Å². The molecular formula is C15H21N3O4. The fourth-order valence-electron chi connectivity index (χ4n) is 1.32. The number of pyridine rings is 1. The van der Waals surface area contributed by atoms with Crippen molar-refractivity contribution < 1.29 is 19.5 Å². The molecule has 0 saturated carbocycles. The number of anilines is 1. The second-order valence-corrected chi connectivity index (χ2v) is 5.80. The van der Waals surface area contributed by atoms with Crippen LogP contribution in [-0.4, -0.2) is 28.1 Å². The van der Waals surface area contributed by atoms with Crippen molar-refractivity contribution in [2.75, 3.05) is 5.73 Å². The minimum absolute atomic E-state index is 0.138. The van der Waals surface area contributed by atoms with Gasteiger partial charge in [-0.25, -0.2) is 4.79 Å². The summed E-state index contributed by atoms with van der Waals surface area (Å²) in [5.41, 5.74) is 8.30. The first-order valence-electron chi connectivity index (χ1n) is 6.78. The highest BCUT2D eigenvalue weighted by Gasteiger charge is 2.25. The van der Waals surface area contributed by atoms with Crippen LogP contribution in [-0.2, 0) is 14.4 Å². The zero-order valence-electron chi connectivity index (χ0n) is 12.9. The van der Waals surface area contributed by atoms with Gasteiger partial charge in [0.25, 0.3) is 0 Å². The average molecular weight is 307 g/mol. The Kier molecular flexibility index (Phi) is 6.06. The minimum atomic E-state index is -1.11. The van der Waals surface area contributed by atoms with Gasteiger partial charge in [-0.15, -0.1) is 5.48 Å². The topological polar surface area (TPSA) is 115 Å². The van der Waals surface area contributed by atoms with Crippen LogP contribution < -0.4 is 11.2 Å². The predicted octanol–water partition coefficient (Wildman–Crippen LogP) is 1.61. The molecule has 0 spiro atoms. The molecule has 0 saturated heterocycles. The van der Waals surface area contributed by atoms with E-state index in [-0.39, 0.29) is 6.42 Å². The number of aromatic nitrogens is 1. The Bertz CT molecular complexity index is 547. The van der Waals surface area contributed by atoms with E-state index in [1.165, 1.54) is 6.20 Å². The van der Waals surface area contributed by atoms with Crippen LogP contribution in [0.25, 0.3) is 6.08 Å². The van der Waals surface area contributed by atoms with Gasteiger partial charge in [0.2, 0.25) is 0 Å². The van der Waals surface area contributed by atoms with Gasteiger partial charge >= 0.3 is 11.9 Å². The number of carboxylic acid groups (broad SMARTS) is 1. The number of carboxylic acids is 1. The Morgan fingerprint density at radius 3 is 2.64 bits per heavy atom. The normalized spacial score (nSPS) is 13.0. The van der Waals surface area contributed by atoms with Gasteiger partial charge in [0.1, 0.15) is 6.04 Å². The van der Waals surface area contributed by atoms with Crippen molar-refractivity contribution in [2.45, 2.75) is 33.2 Å². The first-order chi connectivity index (χ1) is 10.2. The maximum atomic E-state index is 11.6. The number of carbonyl (C=O) groups is 2. The number of hydroxylamine groups is 1. The van der Waals surface area contributed by atoms with Crippen molar-refractivity contribution in [2.24, 2.45) is 5.41 Å². The molecule has 7 heteroatoms. The number of carbonyl (C=O) groups excluding carboxylic acids is 1. The maximum absolute atomic E-state index is 11.6. The lowest BCUT2D eigenvalue weighted by Gasteiger charge is -2.18. The smallest absolute Gasteiger partial charge is 0.330 e. The molecular weight excluding hydrogens is 286 g/mol. The molecule has 0 aliphatic rings. The summed E-state index contributed by atoms with van der Waals surface area (Å²) >= 11 is 0. The summed E-state index contributed by atoms with van der Waals surface area (Å²) in [4.78, 5) is 31.6. The molecule has 120 valence electrons. The van der Waals surface area contributed by atoms with E-state index in [0.29, 0.717) is 11.4 Å². The second-order valence-electron chi connectivity index (χ2n) is 5.80. The summed E-state index contributed by atoms with van der Waals surface area (Å²) in [6.07, 6.45) is 4.95. The molecule has 4 N–H and O–H groups in total. The van der Waals surface area contributed by atoms with Gasteiger partial charge in [0.05, 0.1) is 23.0 Å². The SMILES string of the molecule is CC(C)(C)C(=O)ONC(CC=Cc1ccc(N)cn1)C(=O)O. The molecule has 0 aliphatic heterocycles. The molecule has 0 aromatic carbocycles. The summed E-state index contributed by atoms with van der Waals surface area (Å²) in [6, 6.07) is 2.38. The first-order valence-corrected chi connectivity index (χ1v) is 6.78. The molecule has 1 atom stereocenters. The standard InChI is InChI=1S/C15H21N3O4/c1-15(2,3)14(21)22-18-12(13(19)20)6-4-5-11-8-7-10(16)9-17-11/h4-5,7-9,12,18H,6,16H2,1-3H3,(H,19,20). The zero-order valence-corrected chi connectivity index (χ0v) is 12.9. The minimum Gasteiger partial charge on any atom is -0.480 e. The summed E-state index contributed by atoms with van der Waals surface area (Å²) < 4.78 is 0. The van der Waals surface area contributed by atoms with Crippen molar-refractivity contribution in [1.29, 1.82) is 0 Å². The lowest BCUT2D eigenvalue weighted by atomic mass is 9.98. The van der Waals surface area contributed by atoms with E-state index >= 15 is 0 Å². The Hall–Kier alpha value is -2.41. The van der Waals surface area contributed by atoms with Crippen LogP contribution in [0.1, 0.15) is 32.9 Å². The monoisotopic (exact) mass is 307 g/mol. The molecule has 1 rings (SSSR count). The van der Waals surface area contributed by atoms with Crippen LogP contribution in [0.5, 0.6) is 0 Å². The van der Waals surface area contributed by atoms with E-state index in [0.717, 1.165) is 0 Å². The maximum Gasteiger partial charge on any atom is 0.330 e. The molecule has 1 aromatic rings. The van der Waals surface area contributed by atoms with Crippen molar-refractivity contribution in [3.05, 3.63) is 30.1 Å². The number of nitrogen functional groups attached to an aromatic ring is 1. The van der Waals surface area contributed by atoms with Gasteiger partial charge in [-0.3, -0.25) is 9.78 Å². The van der Waals surface area contributed by atoms with Gasteiger partial charge in [0, 0.05) is 0 Å². The first kappa shape index (κ1) is 17.6. The Morgan fingerprint density at radius 2 is 2.14 bits per heavy atom. The predicted molar refractivity (Wildman–Crippen MR) is 82.4 cm³/mol. The van der Waals surface area contributed by atoms with E-state index in [4.69, 9.17) is 15.7 Å². The van der Waals surface area contributed by atoms with E-state index in [9.17, 15) is 9.59 Å². The van der Waals surface area contributed by atoms with Crippen molar-refractivity contribution >= 4 is 23.7 Å². The lowest BCUT2D eigenvalue weighted by Crippen LogP contribution is -2.40. The van der Waals surface area contributed by atoms with Crippen molar-refractivity contribution in [3.8, 4) is 0 Å². The van der Waals surface area contributed by atoms with Crippen molar-refractivity contribution in [1.82, 2.24) is 10.5 Å². The molecule has 0 bridgehead atoms. The third-order valence-electron chi connectivity index (χ3n) is 2.67. The summed E-state index contributed by atoms with van der Waals surface area (Å²) in [7, 11) is 0. The van der Waals surface area contributed by atoms with E-state index in [1.807, 2.05) is 0 Å². The van der Waals surface area contributed by atoms with Crippen molar-refractivity contribution in [3.63, 3.8) is 0 Å². The molecule has 1 unspecified atom stereocenters. The van der Waals surface area contributed by atoms with Gasteiger partial charge in [-0.05, 0) is 45.4 Å². The number of rotatable bonds is 6. The number of nitrogens with two attached hydrogens (primary N) is 1. The van der Waals surface area contributed by atoms with Gasteiger partial charge in [-0.1, -0.05) is 6.08 Å². The summed E-state index contributed by atoms with van der Waals surface area (Å²) in [5, 5.41) is 9.10. The molecule has 1 aromatic heterocycles. The molecule has 22 heavy (non-hydrogen) atoms. The van der Waals surface area contributed by atoms with Crippen LogP contribution >= 0.6 is 0 Å². The quantitative estimate of drug-likeness (QED) is 0.684. The molecule has 1 heterocycles. The summed E-state index contributed by atoms with van der Waals surface area (Å²) in [5.74, 6) is -1.64. The van der Waals surface area contributed by atoms with Gasteiger partial charge in [0.15, 0.2) is 0 Å². The Balaban J connectivity index is 2.56. The lowest BCUT2D eigenvalue weighted by molar-refractivity contribution is -0.165. The largest absolute Gasteiger partial charge is 0.480 e. The third kappa shape index (κ3) is 5.92. The van der Waals surface area contributed by atoms with Crippen LogP contribution in [0.15, 0.2) is 24.4 Å². The van der Waals surface area contributed by atoms with Crippen LogP contribution in [0.4, 0.5) is 5.69 Å². The van der Waals surface area contributed by atoms with Crippen LogP contribution in [0.3, 0.4) is 0 Å². The molecule has 0 amide bonds. The number of hydrogen-bond acceptors (Lipinski definition) is 6. The second kappa shape index (κ2) is 7.56. The van der Waals surface area contributed by atoms with E-state index < -0.39 is 23.4 Å². The Morgan fingerprint density at radius 1 is 1.45 bits per heavy atom. The van der Waals surface area contributed by atoms with Crippen LogP contribution in [0.2, 0.25) is 0 Å². The highest BCUT2D eigenvalue weighted by atomic mass is 16.7. The average Bonchev–Trinajstić information content (AvgIpc) is 2.42. The highest BCUT2D eigenvalue weighted by Crippen LogP contribution is 2.14. The highest BCUT2D eigenvalue weighted by molar-refractivity contribution is 5.76. The van der Waals surface area contributed by atoms with Crippen LogP contribution in [0, 0.1) is 5.41 Å². The van der Waals surface area contributed by atoms with Gasteiger partial charge < -0.3 is 15.7 Å². The fraction of sp³-hybridized carbons (Fsp3) is 0.400. The summed E-state index contributed by atoms with van der Waals surface area (Å²) in [6.45, 7) is 5.04. The molecule has 0 radical (unpaired) electrons. The molecule has 7 nitrogen and oxygen atoms in total. The Labute approximate surface area is 129 Å². The zero-order chi connectivity index (χ0) is 16.8. The van der Waals surface area contributed by atoms with Gasteiger partial charge in [-0.2, -0.15) is 0 Å². The number of nitrogens with one attached hydrogen (secondary N) is 1. The number of nitrogens with zero attached hydrogens (tertiary/aromatic N) is 1. The number of hydrogen-bond donors (Lipinski definition) is 3. The molecule has 0 fully saturated rings. The third-order valence-corrected chi connectivity index (χ3v) is 2.67. The number of aliphatic carboxylic acids is 1. The molecule has 0 aliphatic carbocycles. The fourth-order valence-corrected chi connectivity index (χ4v) is 1.32.